The normalized spacial score (nSPS) is 23.2. The van der Waals surface area contributed by atoms with Crippen molar-refractivity contribution in [3.8, 4) is 11.5 Å². The zero-order valence-electron chi connectivity index (χ0n) is 23.5. The van der Waals surface area contributed by atoms with E-state index in [-0.39, 0.29) is 42.1 Å². The molecule has 1 aliphatic carbocycles. The molecule has 1 saturated heterocycles. The summed E-state index contributed by atoms with van der Waals surface area (Å²) in [4.78, 5) is 18.8. The lowest BCUT2D eigenvalue weighted by Crippen LogP contribution is -2.46. The van der Waals surface area contributed by atoms with Crippen LogP contribution >= 0.6 is 0 Å². The lowest BCUT2D eigenvalue weighted by atomic mass is 10.0. The molecule has 1 saturated carbocycles. The monoisotopic (exact) mass is 605 g/mol. The molecule has 0 unspecified atom stereocenters. The smallest absolute Gasteiger partial charge is 0.379 e. The summed E-state index contributed by atoms with van der Waals surface area (Å²) in [6, 6.07) is 7.24. The Kier molecular flexibility index (Phi) is 7.88. The number of hydrogen-bond donors (Lipinski definition) is 2. The van der Waals surface area contributed by atoms with Gasteiger partial charge in [0.05, 0.1) is 35.4 Å². The van der Waals surface area contributed by atoms with Crippen molar-refractivity contribution < 1.29 is 31.3 Å². The van der Waals surface area contributed by atoms with Gasteiger partial charge >= 0.3 is 6.18 Å². The third-order valence-corrected chi connectivity index (χ3v) is 8.22. The average molecular weight is 606 g/mol. The first-order valence-corrected chi connectivity index (χ1v) is 14.3. The number of benzene rings is 1. The Morgan fingerprint density at radius 2 is 1.98 bits per heavy atom. The molecule has 1 aliphatic heterocycles. The van der Waals surface area contributed by atoms with Gasteiger partial charge < -0.3 is 29.2 Å². The Hall–Kier alpha value is -3.94. The van der Waals surface area contributed by atoms with Crippen molar-refractivity contribution in [2.45, 2.75) is 69.4 Å². The maximum absolute atomic E-state index is 14.7. The van der Waals surface area contributed by atoms with E-state index in [1.807, 2.05) is 11.9 Å². The standard InChI is InChI=1S/C29H32F5N7O2/c1-39-10-9-22(20(31)15-39)36-21-5-3-6-23-18(21)12-25(41(23)16-29(32,33)34)27-37-26(43-38-27)13-35-28(42)17-8-11-40(14-17)24-7-2-4-19(24)30/h3,5-6,8,11-12,14,19-20,22,24,36H,2,4,7,9-10,13,15-16H2,1H3,(H,35,42)/t19-,20-,22+,24-/m0/s1. The van der Waals surface area contributed by atoms with E-state index in [9.17, 15) is 26.7 Å². The lowest BCUT2D eigenvalue weighted by Gasteiger charge is -2.33. The quantitative estimate of drug-likeness (QED) is 0.258. The molecule has 3 aromatic heterocycles. The van der Waals surface area contributed by atoms with Crippen LogP contribution in [0.5, 0.6) is 0 Å². The lowest BCUT2D eigenvalue weighted by molar-refractivity contribution is -0.139. The van der Waals surface area contributed by atoms with Crippen molar-refractivity contribution >= 4 is 22.5 Å². The number of nitrogens with one attached hydrogen (secondary N) is 2. The maximum Gasteiger partial charge on any atom is 0.406 e. The van der Waals surface area contributed by atoms with Gasteiger partial charge in [0.15, 0.2) is 0 Å². The van der Waals surface area contributed by atoms with Gasteiger partial charge in [0.2, 0.25) is 11.7 Å². The number of nitrogens with zero attached hydrogens (tertiary/aromatic N) is 5. The van der Waals surface area contributed by atoms with Crippen molar-refractivity contribution in [2.24, 2.45) is 0 Å². The number of amides is 1. The highest BCUT2D eigenvalue weighted by Gasteiger charge is 2.33. The molecule has 0 radical (unpaired) electrons. The molecule has 230 valence electrons. The molecule has 1 aromatic carbocycles. The minimum Gasteiger partial charge on any atom is -0.379 e. The molecule has 0 bridgehead atoms. The molecule has 4 aromatic rings. The minimum atomic E-state index is -4.54. The number of carbonyl (C=O) groups is 1. The zero-order valence-corrected chi connectivity index (χ0v) is 23.5. The number of likely N-dealkylation sites (tertiary alicyclic amines) is 1. The van der Waals surface area contributed by atoms with Gasteiger partial charge in [-0.3, -0.25) is 4.79 Å². The highest BCUT2D eigenvalue weighted by molar-refractivity contribution is 5.96. The molecule has 2 N–H and O–H groups in total. The largest absolute Gasteiger partial charge is 0.406 e. The topological polar surface area (TPSA) is 93.2 Å². The maximum atomic E-state index is 14.7. The summed E-state index contributed by atoms with van der Waals surface area (Å²) in [6.07, 6.45) is -0.816. The van der Waals surface area contributed by atoms with Gasteiger partial charge in [-0.2, -0.15) is 18.2 Å². The van der Waals surface area contributed by atoms with Gasteiger partial charge in [0, 0.05) is 36.6 Å². The highest BCUT2D eigenvalue weighted by Crippen LogP contribution is 2.35. The van der Waals surface area contributed by atoms with Crippen molar-refractivity contribution in [3.63, 3.8) is 0 Å². The molecule has 2 aliphatic rings. The molecule has 4 heterocycles. The fourth-order valence-corrected chi connectivity index (χ4v) is 6.04. The van der Waals surface area contributed by atoms with Crippen LogP contribution in [0, 0.1) is 0 Å². The Morgan fingerprint density at radius 1 is 1.14 bits per heavy atom. The summed E-state index contributed by atoms with van der Waals surface area (Å²) in [5.41, 5.74) is 1.20. The first kappa shape index (κ1) is 29.1. The summed E-state index contributed by atoms with van der Waals surface area (Å²) < 4.78 is 77.9. The van der Waals surface area contributed by atoms with Gasteiger partial charge in [-0.15, -0.1) is 0 Å². The number of alkyl halides is 5. The fourth-order valence-electron chi connectivity index (χ4n) is 6.04. The molecule has 43 heavy (non-hydrogen) atoms. The van der Waals surface area contributed by atoms with Crippen LogP contribution in [0.3, 0.4) is 0 Å². The van der Waals surface area contributed by atoms with E-state index in [0.29, 0.717) is 42.4 Å². The summed E-state index contributed by atoms with van der Waals surface area (Å²) in [5.74, 6) is -0.523. The van der Waals surface area contributed by atoms with Gasteiger partial charge in [-0.05, 0) is 57.0 Å². The van der Waals surface area contributed by atoms with E-state index in [2.05, 4.69) is 20.8 Å². The molecule has 2 fully saturated rings. The van der Waals surface area contributed by atoms with Crippen LogP contribution < -0.4 is 10.6 Å². The summed E-state index contributed by atoms with van der Waals surface area (Å²) in [6.45, 7) is -0.498. The van der Waals surface area contributed by atoms with Crippen LogP contribution in [0.4, 0.5) is 27.6 Å². The Labute approximate surface area is 244 Å². The first-order chi connectivity index (χ1) is 20.6. The number of hydrogen-bond acceptors (Lipinski definition) is 6. The van der Waals surface area contributed by atoms with Gasteiger partial charge in [0.25, 0.3) is 5.91 Å². The SMILES string of the molecule is CN1CC[C@@H](Nc2cccc3c2cc(-c2noc(CNC(=O)c4ccn([C@H]5CCC[C@@H]5F)c4)n2)n3CC(F)(F)F)[C@@H](F)C1. The summed E-state index contributed by atoms with van der Waals surface area (Å²) in [7, 11) is 1.84. The number of piperidine rings is 1. The van der Waals surface area contributed by atoms with Crippen LogP contribution in [-0.2, 0) is 13.1 Å². The second kappa shape index (κ2) is 11.6. The molecule has 4 atom stereocenters. The van der Waals surface area contributed by atoms with Gasteiger partial charge in [-0.1, -0.05) is 11.2 Å². The van der Waals surface area contributed by atoms with Crippen molar-refractivity contribution in [1.82, 2.24) is 29.5 Å². The van der Waals surface area contributed by atoms with E-state index in [0.717, 1.165) is 11.0 Å². The average Bonchev–Trinajstić information content (AvgIpc) is 3.75. The van der Waals surface area contributed by atoms with Crippen LogP contribution in [-0.4, -0.2) is 74.8 Å². The number of anilines is 1. The second-order valence-corrected chi connectivity index (χ2v) is 11.3. The number of carbonyl (C=O) groups excluding carboxylic acids is 1. The minimum absolute atomic E-state index is 0.00356. The van der Waals surface area contributed by atoms with Gasteiger partial charge in [-0.25, -0.2) is 8.78 Å². The number of fused-ring (bicyclic) bond motifs is 1. The highest BCUT2D eigenvalue weighted by atomic mass is 19.4. The van der Waals surface area contributed by atoms with Crippen molar-refractivity contribution in [1.29, 1.82) is 0 Å². The van der Waals surface area contributed by atoms with Crippen molar-refractivity contribution in [2.75, 3.05) is 25.5 Å². The number of halogens is 5. The van der Waals surface area contributed by atoms with Crippen molar-refractivity contribution in [3.05, 3.63) is 54.2 Å². The molecular weight excluding hydrogens is 573 g/mol. The summed E-state index contributed by atoms with van der Waals surface area (Å²) in [5, 5.41) is 10.2. The van der Waals surface area contributed by atoms with Crippen LogP contribution in [0.25, 0.3) is 22.4 Å². The second-order valence-electron chi connectivity index (χ2n) is 11.3. The van der Waals surface area contributed by atoms with E-state index in [1.165, 1.54) is 6.07 Å². The predicted molar refractivity (Wildman–Crippen MR) is 149 cm³/mol. The van der Waals surface area contributed by atoms with Crippen LogP contribution in [0.1, 0.15) is 48.0 Å². The predicted octanol–water partition coefficient (Wildman–Crippen LogP) is 5.50. The Balaban J connectivity index is 1.22. The van der Waals surface area contributed by atoms with Crippen LogP contribution in [0.2, 0.25) is 0 Å². The van der Waals surface area contributed by atoms with Gasteiger partial charge in [0.1, 0.15) is 18.9 Å². The van der Waals surface area contributed by atoms with E-state index >= 15 is 0 Å². The number of aromatic nitrogens is 4. The van der Waals surface area contributed by atoms with Crippen LogP contribution in [0.15, 0.2) is 47.2 Å². The molecule has 9 nitrogen and oxygen atoms in total. The molecule has 0 spiro atoms. The molecule has 6 rings (SSSR count). The fraction of sp³-hybridized carbons (Fsp3) is 0.483. The third kappa shape index (κ3) is 6.24. The summed E-state index contributed by atoms with van der Waals surface area (Å²) >= 11 is 0. The molecular formula is C29H32F5N7O2. The zero-order chi connectivity index (χ0) is 30.3. The Bertz CT molecular complexity index is 1600. The third-order valence-electron chi connectivity index (χ3n) is 8.22. The van der Waals surface area contributed by atoms with E-state index in [4.69, 9.17) is 4.52 Å². The van der Waals surface area contributed by atoms with E-state index in [1.54, 1.807) is 41.2 Å². The number of rotatable bonds is 8. The Morgan fingerprint density at radius 3 is 2.72 bits per heavy atom. The molecule has 14 heteroatoms. The molecule has 1 amide bonds. The van der Waals surface area contributed by atoms with E-state index < -0.39 is 37.0 Å². The first-order valence-electron chi connectivity index (χ1n) is 14.3.